The van der Waals surface area contributed by atoms with Crippen LogP contribution in [0, 0.1) is 0 Å². The van der Waals surface area contributed by atoms with Gasteiger partial charge >= 0.3 is 0 Å². The minimum absolute atomic E-state index is 0.172. The molecule has 1 aliphatic heterocycles. The summed E-state index contributed by atoms with van der Waals surface area (Å²) in [6.45, 7) is 0.479. The number of hydrogen-bond acceptors (Lipinski definition) is 3. The van der Waals surface area contributed by atoms with Crippen LogP contribution in [0.15, 0.2) is 22.8 Å². The van der Waals surface area contributed by atoms with E-state index in [2.05, 4.69) is 20.9 Å². The van der Waals surface area contributed by atoms with E-state index < -0.39 is 21.2 Å². The van der Waals surface area contributed by atoms with Crippen LogP contribution in [0.4, 0.5) is 5.82 Å². The number of anilines is 1. The Balaban J connectivity index is 1.76. The zero-order chi connectivity index (χ0) is 17.0. The minimum atomic E-state index is -1.34. The molecule has 1 aliphatic carbocycles. The summed E-state index contributed by atoms with van der Waals surface area (Å²) in [4.78, 5) is 30.9. The number of nitrogens with zero attached hydrogens (tertiary/aromatic N) is 3. The highest BCUT2D eigenvalue weighted by Gasteiger charge is 2.72. The van der Waals surface area contributed by atoms with Crippen LogP contribution in [0.1, 0.15) is 12.8 Å². The van der Waals surface area contributed by atoms with Crippen molar-refractivity contribution in [1.29, 1.82) is 0 Å². The average molecular weight is 442 g/mol. The molecule has 1 aromatic rings. The summed E-state index contributed by atoms with van der Waals surface area (Å²) in [5.41, 5.74) is 0. The fourth-order valence-electron chi connectivity index (χ4n) is 2.71. The van der Waals surface area contributed by atoms with E-state index in [4.69, 9.17) is 34.8 Å². The first-order chi connectivity index (χ1) is 10.7. The van der Waals surface area contributed by atoms with Crippen molar-refractivity contribution in [2.45, 2.75) is 28.1 Å². The van der Waals surface area contributed by atoms with Gasteiger partial charge in [-0.1, -0.05) is 39.1 Å². The number of halogens is 4. The van der Waals surface area contributed by atoms with Gasteiger partial charge in [0.15, 0.2) is 4.87 Å². The number of rotatable bonds is 3. The summed E-state index contributed by atoms with van der Waals surface area (Å²) in [6, 6.07) is 2.94. The van der Waals surface area contributed by atoms with Gasteiger partial charge in [0.2, 0.25) is 5.91 Å². The summed E-state index contributed by atoms with van der Waals surface area (Å²) in [7, 11) is 1.55. The average Bonchev–Trinajstić information content (AvgIpc) is 2.81. The van der Waals surface area contributed by atoms with Crippen molar-refractivity contribution in [3.63, 3.8) is 0 Å². The molecule has 5 nitrogen and oxygen atoms in total. The van der Waals surface area contributed by atoms with E-state index in [0.717, 1.165) is 4.47 Å². The molecule has 2 atom stereocenters. The van der Waals surface area contributed by atoms with Gasteiger partial charge in [0.25, 0.3) is 5.91 Å². The summed E-state index contributed by atoms with van der Waals surface area (Å²) in [6.07, 6.45) is 2.29. The molecule has 3 rings (SSSR count). The first-order valence-corrected chi connectivity index (χ1v) is 8.87. The molecule has 0 aromatic carbocycles. The van der Waals surface area contributed by atoms with Crippen molar-refractivity contribution in [1.82, 2.24) is 9.88 Å². The van der Waals surface area contributed by atoms with Crippen molar-refractivity contribution in [2.24, 2.45) is 0 Å². The fourth-order valence-corrected chi connectivity index (χ4v) is 4.06. The molecule has 2 amide bonds. The monoisotopic (exact) mass is 439 g/mol. The van der Waals surface area contributed by atoms with Crippen molar-refractivity contribution in [2.75, 3.05) is 18.5 Å². The third-order valence-electron chi connectivity index (χ3n) is 4.21. The van der Waals surface area contributed by atoms with Crippen LogP contribution in [0.3, 0.4) is 0 Å². The van der Waals surface area contributed by atoms with Gasteiger partial charge in [-0.05, 0) is 18.6 Å². The van der Waals surface area contributed by atoms with E-state index >= 15 is 0 Å². The summed E-state index contributed by atoms with van der Waals surface area (Å²) < 4.78 is -0.442. The summed E-state index contributed by atoms with van der Waals surface area (Å²) in [5.74, 6) is -0.0718. The number of likely N-dealkylation sites (N-methyl/N-ethyl adjacent to an activating group) is 1. The van der Waals surface area contributed by atoms with Gasteiger partial charge in [0, 0.05) is 30.7 Å². The highest BCUT2D eigenvalue weighted by atomic mass is 79.9. The van der Waals surface area contributed by atoms with E-state index in [1.807, 2.05) is 0 Å². The van der Waals surface area contributed by atoms with Crippen LogP contribution >= 0.6 is 50.7 Å². The van der Waals surface area contributed by atoms with Gasteiger partial charge < -0.3 is 4.90 Å². The highest BCUT2D eigenvalue weighted by Crippen LogP contribution is 2.62. The molecule has 0 N–H and O–H groups in total. The number of hydrogen-bond donors (Lipinski definition) is 0. The maximum Gasteiger partial charge on any atom is 0.251 e. The second kappa shape index (κ2) is 5.76. The van der Waals surface area contributed by atoms with E-state index in [1.54, 1.807) is 30.3 Å². The lowest BCUT2D eigenvalue weighted by Crippen LogP contribution is -2.47. The number of pyridine rings is 1. The topological polar surface area (TPSA) is 53.5 Å². The van der Waals surface area contributed by atoms with Crippen LogP contribution in [-0.4, -0.2) is 50.5 Å². The molecule has 124 valence electrons. The highest BCUT2D eigenvalue weighted by molar-refractivity contribution is 9.10. The van der Waals surface area contributed by atoms with Gasteiger partial charge in [-0.3, -0.25) is 14.5 Å². The van der Waals surface area contributed by atoms with Gasteiger partial charge in [-0.15, -0.1) is 11.6 Å². The molecular weight excluding hydrogens is 428 g/mol. The Morgan fingerprint density at radius 2 is 2.13 bits per heavy atom. The van der Waals surface area contributed by atoms with Crippen LogP contribution in [0.25, 0.3) is 0 Å². The van der Waals surface area contributed by atoms with Gasteiger partial charge in [-0.25, -0.2) is 4.98 Å². The second-order valence-corrected chi connectivity index (χ2v) is 8.77. The lowest BCUT2D eigenvalue weighted by Gasteiger charge is -2.26. The molecule has 1 aromatic heterocycles. The molecule has 0 radical (unpaired) electrons. The third-order valence-corrected chi connectivity index (χ3v) is 6.43. The summed E-state index contributed by atoms with van der Waals surface area (Å²) in [5, 5.41) is 0. The number of carbonyl (C=O) groups is 2. The molecule has 1 saturated heterocycles. The maximum absolute atomic E-state index is 12.6. The normalized spacial score (nSPS) is 28.8. The number of alkyl halides is 3. The number of aromatic nitrogens is 1. The molecule has 2 unspecified atom stereocenters. The molecule has 2 heterocycles. The smallest absolute Gasteiger partial charge is 0.251 e. The minimum Gasteiger partial charge on any atom is -0.332 e. The zero-order valence-corrected chi connectivity index (χ0v) is 16.0. The molecule has 1 saturated carbocycles. The van der Waals surface area contributed by atoms with E-state index in [-0.39, 0.29) is 12.3 Å². The Bertz CT molecular complexity index is 687. The van der Waals surface area contributed by atoms with Gasteiger partial charge in [0.05, 0.1) is 0 Å². The molecule has 23 heavy (non-hydrogen) atoms. The Kier molecular flexibility index (Phi) is 4.32. The predicted molar refractivity (Wildman–Crippen MR) is 93.1 cm³/mol. The van der Waals surface area contributed by atoms with Gasteiger partial charge in [0.1, 0.15) is 16.2 Å². The largest absolute Gasteiger partial charge is 0.332 e. The lowest BCUT2D eigenvalue weighted by molar-refractivity contribution is -0.137. The second-order valence-electron chi connectivity index (χ2n) is 5.73. The fraction of sp³-hybridized carbons (Fsp3) is 0.500. The quantitative estimate of drug-likeness (QED) is 0.678. The third kappa shape index (κ3) is 2.84. The Hall–Kier alpha value is -0.560. The van der Waals surface area contributed by atoms with E-state index in [1.165, 1.54) is 4.90 Å². The van der Waals surface area contributed by atoms with E-state index in [0.29, 0.717) is 18.8 Å². The molecule has 0 spiro atoms. The Morgan fingerprint density at radius 1 is 1.48 bits per heavy atom. The van der Waals surface area contributed by atoms with Crippen molar-refractivity contribution in [3.8, 4) is 0 Å². The molecule has 9 heteroatoms. The first kappa shape index (κ1) is 17.3. The van der Waals surface area contributed by atoms with Crippen molar-refractivity contribution in [3.05, 3.63) is 22.8 Å². The SMILES string of the molecule is CN(C(=O)C1(Cl)CC1(Cl)Cl)C1CCN(c2cc(Br)ccn2)C1=O. The number of carbonyl (C=O) groups excluding carboxylic acids is 2. The molecular formula is C14H13BrCl3N3O2. The van der Waals surface area contributed by atoms with Crippen LogP contribution in [0.2, 0.25) is 0 Å². The zero-order valence-electron chi connectivity index (χ0n) is 12.1. The standard InChI is InChI=1S/C14H13BrCl3N3O2/c1-20(12(23)13(16)7-14(13,17)18)9-3-5-21(11(9)22)10-6-8(15)2-4-19-10/h2,4,6,9H,3,5,7H2,1H3. The Labute approximate surface area is 157 Å². The predicted octanol–water partition coefficient (Wildman–Crippen LogP) is 2.96. The maximum atomic E-state index is 12.6. The van der Waals surface area contributed by atoms with Crippen LogP contribution in [-0.2, 0) is 9.59 Å². The molecule has 2 aliphatic rings. The van der Waals surface area contributed by atoms with Gasteiger partial charge in [-0.2, -0.15) is 0 Å². The number of amides is 2. The molecule has 2 fully saturated rings. The lowest BCUT2D eigenvalue weighted by atomic mass is 10.2. The first-order valence-electron chi connectivity index (χ1n) is 6.94. The molecule has 0 bridgehead atoms. The van der Waals surface area contributed by atoms with Crippen molar-refractivity contribution < 1.29 is 9.59 Å². The van der Waals surface area contributed by atoms with Crippen LogP contribution < -0.4 is 4.90 Å². The Morgan fingerprint density at radius 3 is 2.70 bits per heavy atom. The van der Waals surface area contributed by atoms with E-state index in [9.17, 15) is 9.59 Å². The van der Waals surface area contributed by atoms with Crippen LogP contribution in [0.5, 0.6) is 0 Å². The summed E-state index contributed by atoms with van der Waals surface area (Å²) >= 11 is 21.4. The van der Waals surface area contributed by atoms with Crippen molar-refractivity contribution >= 4 is 68.4 Å².